The molecule has 0 aromatic heterocycles. The van der Waals surface area contributed by atoms with Gasteiger partial charge in [0.05, 0.1) is 6.04 Å². The molecule has 3 heteroatoms. The van der Waals surface area contributed by atoms with Gasteiger partial charge in [0.15, 0.2) is 0 Å². The molecule has 0 saturated heterocycles. The Hall–Kier alpha value is -0.880. The molecule has 1 atom stereocenters. The average Bonchev–Trinajstić information content (AvgIpc) is 1.65. The van der Waals surface area contributed by atoms with E-state index in [4.69, 9.17) is 16.4 Å². The Morgan fingerprint density at radius 2 is 2.43 bits per heavy atom. The lowest BCUT2D eigenvalue weighted by atomic mass is 10.2. The largest absolute Gasteiger partial charge is 0.322 e. The highest BCUT2D eigenvalue weighted by Crippen LogP contribution is 1.74. The summed E-state index contributed by atoms with van der Waals surface area (Å²) in [6, 6.07) is 1.21. The average molecular weight is 97.1 g/mol. The number of nitriles is 1. The molecular formula is C4H7N3. The third-order valence-electron chi connectivity index (χ3n) is 0.576. The van der Waals surface area contributed by atoms with Crippen molar-refractivity contribution in [2.24, 2.45) is 5.73 Å². The maximum absolute atomic E-state index is 7.95. The zero-order chi connectivity index (χ0) is 5.86. The van der Waals surface area contributed by atoms with Crippen LogP contribution in [0.3, 0.4) is 0 Å². The van der Waals surface area contributed by atoms with Gasteiger partial charge in [-0.25, -0.2) is 0 Å². The van der Waals surface area contributed by atoms with Crippen molar-refractivity contribution in [1.82, 2.24) is 0 Å². The van der Waals surface area contributed by atoms with E-state index < -0.39 is 6.04 Å². The number of hydrogen-bond acceptors (Lipinski definition) is 3. The van der Waals surface area contributed by atoms with Crippen LogP contribution in [-0.4, -0.2) is 11.8 Å². The van der Waals surface area contributed by atoms with Crippen LogP contribution in [0.2, 0.25) is 0 Å². The van der Waals surface area contributed by atoms with Gasteiger partial charge in [-0.15, -0.1) is 0 Å². The van der Waals surface area contributed by atoms with E-state index >= 15 is 0 Å². The normalized spacial score (nSPS) is 12.1. The lowest BCUT2D eigenvalue weighted by molar-refractivity contribution is 0.971. The van der Waals surface area contributed by atoms with Gasteiger partial charge in [-0.05, 0) is 6.92 Å². The van der Waals surface area contributed by atoms with Crippen molar-refractivity contribution in [3.05, 3.63) is 0 Å². The highest BCUT2D eigenvalue weighted by Gasteiger charge is 1.97. The van der Waals surface area contributed by atoms with Crippen molar-refractivity contribution in [2.75, 3.05) is 0 Å². The van der Waals surface area contributed by atoms with Crippen LogP contribution in [0.25, 0.3) is 0 Å². The molecule has 3 N–H and O–H groups in total. The van der Waals surface area contributed by atoms with Gasteiger partial charge in [-0.1, -0.05) is 0 Å². The molecule has 3 nitrogen and oxygen atoms in total. The summed E-state index contributed by atoms with van der Waals surface area (Å²) in [5.74, 6) is 0. The number of rotatable bonds is 1. The van der Waals surface area contributed by atoms with Crippen LogP contribution in [0, 0.1) is 16.7 Å². The number of nitrogens with two attached hydrogens (primary N) is 1. The van der Waals surface area contributed by atoms with Gasteiger partial charge in [0, 0.05) is 0 Å². The van der Waals surface area contributed by atoms with Crippen molar-refractivity contribution in [3.8, 4) is 6.07 Å². The molecule has 0 aliphatic heterocycles. The van der Waals surface area contributed by atoms with Gasteiger partial charge in [0.1, 0.15) is 11.8 Å². The van der Waals surface area contributed by atoms with Crippen LogP contribution in [-0.2, 0) is 0 Å². The molecule has 38 valence electrons. The summed E-state index contributed by atoms with van der Waals surface area (Å²) < 4.78 is 0. The highest BCUT2D eigenvalue weighted by atomic mass is 14.7. The third kappa shape index (κ3) is 1.90. The van der Waals surface area contributed by atoms with Gasteiger partial charge in [-0.2, -0.15) is 5.26 Å². The van der Waals surface area contributed by atoms with Crippen LogP contribution in [0.4, 0.5) is 0 Å². The quantitative estimate of drug-likeness (QED) is 0.447. The van der Waals surface area contributed by atoms with Crippen molar-refractivity contribution >= 4 is 5.71 Å². The molecule has 7 heavy (non-hydrogen) atoms. The molecule has 0 radical (unpaired) electrons. The van der Waals surface area contributed by atoms with E-state index in [1.54, 1.807) is 13.0 Å². The minimum Gasteiger partial charge on any atom is -0.322 e. The van der Waals surface area contributed by atoms with Crippen LogP contribution < -0.4 is 5.73 Å². The Balaban J connectivity index is 3.64. The van der Waals surface area contributed by atoms with Gasteiger partial charge in [-0.3, -0.25) is 5.41 Å². The molecule has 0 spiro atoms. The minimum absolute atomic E-state index is 0.0694. The smallest absolute Gasteiger partial charge is 0.125 e. The fourth-order valence-corrected chi connectivity index (χ4v) is 0.102. The lowest BCUT2D eigenvalue weighted by Crippen LogP contribution is -2.24. The molecular weight excluding hydrogens is 90.1 g/mol. The summed E-state index contributed by atoms with van der Waals surface area (Å²) in [7, 11) is 0. The first-order valence-electron chi connectivity index (χ1n) is 1.92. The maximum Gasteiger partial charge on any atom is 0.125 e. The zero-order valence-corrected chi connectivity index (χ0v) is 4.10. The summed E-state index contributed by atoms with van der Waals surface area (Å²) in [5.41, 5.74) is 5.03. The second-order valence-corrected chi connectivity index (χ2v) is 1.31. The first kappa shape index (κ1) is 6.12. The SMILES string of the molecule is CC(N)C(=N)C#N. The van der Waals surface area contributed by atoms with E-state index in [-0.39, 0.29) is 5.71 Å². The molecule has 0 saturated carbocycles. The Morgan fingerprint density at radius 3 is 2.43 bits per heavy atom. The number of nitrogens with zero attached hydrogens (tertiary/aromatic N) is 1. The highest BCUT2D eigenvalue weighted by molar-refractivity contribution is 5.99. The van der Waals surface area contributed by atoms with E-state index in [1.165, 1.54) is 0 Å². The number of nitrogens with one attached hydrogen (secondary N) is 1. The Morgan fingerprint density at radius 1 is 2.00 bits per heavy atom. The molecule has 0 aromatic carbocycles. The predicted octanol–water partition coefficient (Wildman–Crippen LogP) is -0.123. The fourth-order valence-electron chi connectivity index (χ4n) is 0.102. The topological polar surface area (TPSA) is 73.7 Å². The van der Waals surface area contributed by atoms with E-state index in [0.717, 1.165) is 0 Å². The van der Waals surface area contributed by atoms with Crippen LogP contribution >= 0.6 is 0 Å². The molecule has 0 rings (SSSR count). The van der Waals surface area contributed by atoms with E-state index in [1.807, 2.05) is 0 Å². The number of hydrogen-bond donors (Lipinski definition) is 2. The van der Waals surface area contributed by atoms with Crippen molar-refractivity contribution < 1.29 is 0 Å². The molecule has 0 aliphatic rings. The van der Waals surface area contributed by atoms with Gasteiger partial charge in [0.25, 0.3) is 0 Å². The summed E-state index contributed by atoms with van der Waals surface area (Å²) >= 11 is 0. The monoisotopic (exact) mass is 97.1 g/mol. The van der Waals surface area contributed by atoms with E-state index in [0.29, 0.717) is 0 Å². The van der Waals surface area contributed by atoms with E-state index in [2.05, 4.69) is 0 Å². The van der Waals surface area contributed by atoms with Crippen LogP contribution in [0.5, 0.6) is 0 Å². The van der Waals surface area contributed by atoms with E-state index in [9.17, 15) is 0 Å². The second kappa shape index (κ2) is 2.32. The summed E-state index contributed by atoms with van der Waals surface area (Å²) in [5, 5.41) is 14.7. The molecule has 1 unspecified atom stereocenters. The first-order valence-corrected chi connectivity index (χ1v) is 1.92. The summed E-state index contributed by atoms with van der Waals surface area (Å²) in [6.45, 7) is 1.60. The maximum atomic E-state index is 7.95. The lowest BCUT2D eigenvalue weighted by Gasteiger charge is -1.93. The molecule has 0 amide bonds. The molecule has 0 bridgehead atoms. The van der Waals surface area contributed by atoms with Crippen molar-refractivity contribution in [1.29, 1.82) is 10.7 Å². The standard InChI is InChI=1S/C4H7N3/c1-3(6)4(7)2-5/h3,7H,6H2,1H3. The van der Waals surface area contributed by atoms with Crippen LogP contribution in [0.15, 0.2) is 0 Å². The molecule has 0 fully saturated rings. The third-order valence-corrected chi connectivity index (χ3v) is 0.576. The van der Waals surface area contributed by atoms with Gasteiger partial charge in [0.2, 0.25) is 0 Å². The Kier molecular flexibility index (Phi) is 2.03. The van der Waals surface area contributed by atoms with Crippen molar-refractivity contribution in [2.45, 2.75) is 13.0 Å². The molecule has 0 heterocycles. The minimum atomic E-state index is -0.412. The first-order chi connectivity index (χ1) is 3.18. The Bertz CT molecular complexity index is 109. The fraction of sp³-hybridized carbons (Fsp3) is 0.500. The van der Waals surface area contributed by atoms with Gasteiger partial charge >= 0.3 is 0 Å². The predicted molar refractivity (Wildman–Crippen MR) is 27.0 cm³/mol. The molecule has 0 aromatic rings. The zero-order valence-electron chi connectivity index (χ0n) is 4.10. The van der Waals surface area contributed by atoms with Crippen molar-refractivity contribution in [3.63, 3.8) is 0 Å². The van der Waals surface area contributed by atoms with Gasteiger partial charge < -0.3 is 5.73 Å². The Labute approximate surface area is 42.3 Å². The second-order valence-electron chi connectivity index (χ2n) is 1.31. The summed E-state index contributed by atoms with van der Waals surface area (Å²) in [6.07, 6.45) is 0. The van der Waals surface area contributed by atoms with Crippen LogP contribution in [0.1, 0.15) is 6.92 Å². The molecule has 0 aliphatic carbocycles. The summed E-state index contributed by atoms with van der Waals surface area (Å²) in [4.78, 5) is 0.